The van der Waals surface area contributed by atoms with Crippen molar-refractivity contribution >= 4 is 16.7 Å². The monoisotopic (exact) mass is 307 g/mol. The Morgan fingerprint density at radius 2 is 1.52 bits per heavy atom. The molecule has 0 radical (unpaired) electrons. The number of fused-ring (bicyclic) bond motifs is 1. The fraction of sp³-hybridized carbons (Fsp3) is 0.150. The van der Waals surface area contributed by atoms with Gasteiger partial charge in [0.2, 0.25) is 0 Å². The second-order valence-corrected chi connectivity index (χ2v) is 5.16. The third-order valence-electron chi connectivity index (χ3n) is 3.51. The smallest absolute Gasteiger partial charge is 0.315 e. The minimum Gasteiger partial charge on any atom is -0.481 e. The highest BCUT2D eigenvalue weighted by Gasteiger charge is 2.23. The molecule has 0 saturated carbocycles. The molecule has 1 atom stereocenters. The average molecular weight is 307 g/mol. The summed E-state index contributed by atoms with van der Waals surface area (Å²) < 4.78 is 0. The zero-order chi connectivity index (χ0) is 16.7. The van der Waals surface area contributed by atoms with Gasteiger partial charge in [-0.3, -0.25) is 4.79 Å². The van der Waals surface area contributed by atoms with Crippen molar-refractivity contribution in [1.82, 2.24) is 0 Å². The minimum absolute atomic E-state index is 0.637. The lowest BCUT2D eigenvalue weighted by Gasteiger charge is -2.15. The maximum atomic E-state index is 11.7. The number of benzene rings is 3. The molecule has 23 heavy (non-hydrogen) atoms. The van der Waals surface area contributed by atoms with Crippen LogP contribution in [0.2, 0.25) is 0 Å². The number of hydrogen-bond acceptors (Lipinski definition) is 2. The summed E-state index contributed by atoms with van der Waals surface area (Å²) in [5.41, 5.74) is 6.48. The molecule has 0 saturated heterocycles. The van der Waals surface area contributed by atoms with Gasteiger partial charge in [0.1, 0.15) is 5.92 Å². The normalized spacial score (nSPS) is 11.4. The van der Waals surface area contributed by atoms with E-state index < -0.39 is 11.9 Å². The van der Waals surface area contributed by atoms with Gasteiger partial charge in [-0.15, -0.1) is 0 Å². The second-order valence-electron chi connectivity index (χ2n) is 5.16. The van der Waals surface area contributed by atoms with E-state index in [4.69, 9.17) is 5.73 Å². The van der Waals surface area contributed by atoms with Crippen LogP contribution in [0.15, 0.2) is 72.8 Å². The number of carboxylic acid groups (broad SMARTS) is 1. The van der Waals surface area contributed by atoms with E-state index in [9.17, 15) is 9.90 Å². The van der Waals surface area contributed by atoms with Gasteiger partial charge < -0.3 is 10.8 Å². The molecule has 118 valence electrons. The molecule has 3 aromatic rings. The molecule has 0 aliphatic carbocycles. The van der Waals surface area contributed by atoms with Crippen molar-refractivity contribution in [3.05, 3.63) is 83.9 Å². The van der Waals surface area contributed by atoms with Crippen molar-refractivity contribution < 1.29 is 9.90 Å². The molecule has 3 rings (SSSR count). The number of aliphatic carboxylic acids is 1. The third-order valence-corrected chi connectivity index (χ3v) is 3.51. The lowest BCUT2D eigenvalue weighted by atomic mass is 9.88. The van der Waals surface area contributed by atoms with Gasteiger partial charge >= 0.3 is 5.97 Å². The Labute approximate surface area is 136 Å². The fourth-order valence-corrected chi connectivity index (χ4v) is 2.60. The van der Waals surface area contributed by atoms with Crippen LogP contribution < -0.4 is 5.73 Å². The van der Waals surface area contributed by atoms with Crippen LogP contribution in [0.4, 0.5) is 0 Å². The quantitative estimate of drug-likeness (QED) is 0.768. The lowest BCUT2D eigenvalue weighted by Crippen LogP contribution is -2.13. The van der Waals surface area contributed by atoms with Crippen molar-refractivity contribution in [3.63, 3.8) is 0 Å². The number of carboxylic acids is 1. The predicted molar refractivity (Wildman–Crippen MR) is 94.6 cm³/mol. The van der Waals surface area contributed by atoms with Gasteiger partial charge in [0.05, 0.1) is 0 Å². The van der Waals surface area contributed by atoms with Crippen LogP contribution in [0.5, 0.6) is 0 Å². The number of hydrogen-bond donors (Lipinski definition) is 2. The van der Waals surface area contributed by atoms with Gasteiger partial charge in [-0.05, 0) is 28.4 Å². The van der Waals surface area contributed by atoms with E-state index in [0.717, 1.165) is 28.4 Å². The zero-order valence-electron chi connectivity index (χ0n) is 13.1. The number of carbonyl (C=O) groups is 1. The van der Waals surface area contributed by atoms with Gasteiger partial charge in [-0.25, -0.2) is 0 Å². The maximum absolute atomic E-state index is 11.7. The average Bonchev–Trinajstić information content (AvgIpc) is 2.57. The van der Waals surface area contributed by atoms with Gasteiger partial charge in [0.15, 0.2) is 0 Å². The van der Waals surface area contributed by atoms with E-state index in [0.29, 0.717) is 0 Å². The lowest BCUT2D eigenvalue weighted by molar-refractivity contribution is -0.137. The van der Waals surface area contributed by atoms with E-state index in [1.807, 2.05) is 79.7 Å². The summed E-state index contributed by atoms with van der Waals surface area (Å²) >= 11 is 0. The van der Waals surface area contributed by atoms with Crippen LogP contribution in [0, 0.1) is 0 Å². The Balaban J connectivity index is 0.000000595. The molecule has 1 unspecified atom stereocenters. The SMILES string of the molecule is CCN.O=C(O)C(c1ccccc1)c1cccc2ccccc12. The van der Waals surface area contributed by atoms with Gasteiger partial charge in [-0.1, -0.05) is 79.7 Å². The van der Waals surface area contributed by atoms with Gasteiger partial charge in [0, 0.05) is 0 Å². The summed E-state index contributed by atoms with van der Waals surface area (Å²) in [6, 6.07) is 23.1. The first-order valence-corrected chi connectivity index (χ1v) is 7.64. The Morgan fingerprint density at radius 3 is 2.17 bits per heavy atom. The highest BCUT2D eigenvalue weighted by molar-refractivity contribution is 5.92. The van der Waals surface area contributed by atoms with Gasteiger partial charge in [-0.2, -0.15) is 0 Å². The Bertz CT molecular complexity index is 763. The van der Waals surface area contributed by atoms with Crippen molar-refractivity contribution in [2.24, 2.45) is 5.73 Å². The summed E-state index contributed by atoms with van der Waals surface area (Å²) in [6.07, 6.45) is 0. The zero-order valence-corrected chi connectivity index (χ0v) is 13.1. The van der Waals surface area contributed by atoms with E-state index in [1.165, 1.54) is 0 Å². The maximum Gasteiger partial charge on any atom is 0.315 e. The van der Waals surface area contributed by atoms with E-state index in [2.05, 4.69) is 0 Å². The molecule has 0 aliphatic rings. The molecule has 3 heteroatoms. The summed E-state index contributed by atoms with van der Waals surface area (Å²) in [7, 11) is 0. The molecule has 0 bridgehead atoms. The minimum atomic E-state index is -0.826. The number of rotatable bonds is 3. The predicted octanol–water partition coefficient (Wildman–Crippen LogP) is 4.02. The molecule has 0 spiro atoms. The van der Waals surface area contributed by atoms with Crippen LogP contribution in [-0.2, 0) is 4.79 Å². The summed E-state index contributed by atoms with van der Waals surface area (Å²) in [5.74, 6) is -1.46. The van der Waals surface area contributed by atoms with E-state index in [-0.39, 0.29) is 0 Å². The van der Waals surface area contributed by atoms with Crippen molar-refractivity contribution in [1.29, 1.82) is 0 Å². The molecule has 0 heterocycles. The Hall–Kier alpha value is -2.65. The first-order valence-electron chi connectivity index (χ1n) is 7.64. The first kappa shape index (κ1) is 16.7. The van der Waals surface area contributed by atoms with Crippen molar-refractivity contribution in [2.75, 3.05) is 6.54 Å². The molecular weight excluding hydrogens is 286 g/mol. The van der Waals surface area contributed by atoms with Crippen LogP contribution in [0.3, 0.4) is 0 Å². The first-order chi connectivity index (χ1) is 11.2. The molecule has 3 N–H and O–H groups in total. The third kappa shape index (κ3) is 3.96. The van der Waals surface area contributed by atoms with Gasteiger partial charge in [0.25, 0.3) is 0 Å². The molecular formula is C20H21NO2. The second kappa shape index (κ2) is 8.11. The van der Waals surface area contributed by atoms with E-state index in [1.54, 1.807) is 0 Å². The summed E-state index contributed by atoms with van der Waals surface area (Å²) in [5, 5.41) is 11.7. The van der Waals surface area contributed by atoms with Crippen LogP contribution in [0.25, 0.3) is 10.8 Å². The van der Waals surface area contributed by atoms with Crippen molar-refractivity contribution in [2.45, 2.75) is 12.8 Å². The highest BCUT2D eigenvalue weighted by atomic mass is 16.4. The molecule has 0 aliphatic heterocycles. The molecule has 0 amide bonds. The molecule has 0 fully saturated rings. The molecule has 3 nitrogen and oxygen atoms in total. The standard InChI is InChI=1S/C18H14O2.C2H7N/c19-18(20)17(14-8-2-1-3-9-14)16-12-6-10-13-7-4-5-11-15(13)16;1-2-3/h1-12,17H,(H,19,20);2-3H2,1H3. The molecule has 0 aromatic heterocycles. The summed E-state index contributed by atoms with van der Waals surface area (Å²) in [6.45, 7) is 2.65. The fourth-order valence-electron chi connectivity index (χ4n) is 2.60. The Kier molecular flexibility index (Phi) is 5.89. The van der Waals surface area contributed by atoms with Crippen LogP contribution >= 0.6 is 0 Å². The number of nitrogens with two attached hydrogens (primary N) is 1. The highest BCUT2D eigenvalue weighted by Crippen LogP contribution is 2.30. The van der Waals surface area contributed by atoms with Crippen LogP contribution in [0.1, 0.15) is 24.0 Å². The summed E-state index contributed by atoms with van der Waals surface area (Å²) in [4.78, 5) is 11.7. The van der Waals surface area contributed by atoms with Crippen molar-refractivity contribution in [3.8, 4) is 0 Å². The van der Waals surface area contributed by atoms with Crippen LogP contribution in [-0.4, -0.2) is 17.6 Å². The van der Waals surface area contributed by atoms with E-state index >= 15 is 0 Å². The topological polar surface area (TPSA) is 63.3 Å². The largest absolute Gasteiger partial charge is 0.481 e. The molecule has 3 aromatic carbocycles. The Morgan fingerprint density at radius 1 is 0.957 bits per heavy atom.